The van der Waals surface area contributed by atoms with Crippen molar-refractivity contribution in [2.75, 3.05) is 5.32 Å². The van der Waals surface area contributed by atoms with Crippen LogP contribution in [0.2, 0.25) is 0 Å². The lowest BCUT2D eigenvalue weighted by Gasteiger charge is -2.25. The van der Waals surface area contributed by atoms with E-state index in [0.29, 0.717) is 5.82 Å². The minimum absolute atomic E-state index is 0.207. The van der Waals surface area contributed by atoms with Crippen molar-refractivity contribution in [3.8, 4) is 0 Å². The molecule has 0 aliphatic carbocycles. The molecule has 0 aliphatic heterocycles. The van der Waals surface area contributed by atoms with E-state index in [-0.39, 0.29) is 11.3 Å². The number of aryl methyl sites for hydroxylation is 1. The highest BCUT2D eigenvalue weighted by atomic mass is 16.2. The molecular weight excluding hydrogens is 204 g/mol. The average molecular weight is 224 g/mol. The standard InChI is InChI=1S/C11H20N4O/c1-5-7-6-8(15-14-7)13-10(16)9(12)11(2,3)4/h6,9H,5,12H2,1-4H3,(H2,13,14,15,16)/t9-/m0/s1. The first-order valence-electron chi connectivity index (χ1n) is 5.45. The number of carbonyl (C=O) groups is 1. The predicted molar refractivity (Wildman–Crippen MR) is 64.0 cm³/mol. The van der Waals surface area contributed by atoms with Crippen LogP contribution in [0.5, 0.6) is 0 Å². The molecule has 1 aromatic rings. The number of amides is 1. The van der Waals surface area contributed by atoms with Gasteiger partial charge in [0.2, 0.25) is 5.91 Å². The third-order valence-corrected chi connectivity index (χ3v) is 2.48. The van der Waals surface area contributed by atoms with Gasteiger partial charge in [0.25, 0.3) is 0 Å². The number of aromatic amines is 1. The Morgan fingerprint density at radius 3 is 2.69 bits per heavy atom. The van der Waals surface area contributed by atoms with Gasteiger partial charge < -0.3 is 11.1 Å². The summed E-state index contributed by atoms with van der Waals surface area (Å²) in [5, 5.41) is 9.51. The van der Waals surface area contributed by atoms with E-state index in [1.165, 1.54) is 0 Å². The smallest absolute Gasteiger partial charge is 0.243 e. The van der Waals surface area contributed by atoms with Crippen LogP contribution in [-0.4, -0.2) is 22.1 Å². The van der Waals surface area contributed by atoms with Crippen LogP contribution >= 0.6 is 0 Å². The highest BCUT2D eigenvalue weighted by molar-refractivity contribution is 5.94. The molecule has 0 aromatic carbocycles. The van der Waals surface area contributed by atoms with Crippen LogP contribution in [0, 0.1) is 5.41 Å². The zero-order valence-corrected chi connectivity index (χ0v) is 10.3. The van der Waals surface area contributed by atoms with Crippen molar-refractivity contribution in [1.82, 2.24) is 10.2 Å². The van der Waals surface area contributed by atoms with E-state index in [1.807, 2.05) is 33.8 Å². The van der Waals surface area contributed by atoms with Gasteiger partial charge >= 0.3 is 0 Å². The molecule has 0 bridgehead atoms. The van der Waals surface area contributed by atoms with Crippen molar-refractivity contribution in [1.29, 1.82) is 0 Å². The summed E-state index contributed by atoms with van der Waals surface area (Å²) in [4.78, 5) is 11.8. The largest absolute Gasteiger partial charge is 0.319 e. The number of H-pyrrole nitrogens is 1. The molecule has 0 unspecified atom stereocenters. The number of hydrogen-bond acceptors (Lipinski definition) is 3. The van der Waals surface area contributed by atoms with Gasteiger partial charge in [0.05, 0.1) is 6.04 Å². The maximum atomic E-state index is 11.8. The summed E-state index contributed by atoms with van der Waals surface area (Å²) in [6.45, 7) is 7.80. The summed E-state index contributed by atoms with van der Waals surface area (Å²) in [5.74, 6) is 0.322. The third kappa shape index (κ3) is 3.06. The monoisotopic (exact) mass is 224 g/mol. The quantitative estimate of drug-likeness (QED) is 0.723. The molecule has 5 heteroatoms. The van der Waals surface area contributed by atoms with Gasteiger partial charge in [-0.3, -0.25) is 9.89 Å². The number of nitrogens with zero attached hydrogens (tertiary/aromatic N) is 1. The Labute approximate surface area is 95.8 Å². The Bertz CT molecular complexity index is 364. The maximum Gasteiger partial charge on any atom is 0.243 e. The number of rotatable bonds is 3. The first-order valence-corrected chi connectivity index (χ1v) is 5.45. The van der Waals surface area contributed by atoms with Crippen LogP contribution in [0.4, 0.5) is 5.82 Å². The summed E-state index contributed by atoms with van der Waals surface area (Å²) < 4.78 is 0. The van der Waals surface area contributed by atoms with E-state index in [1.54, 1.807) is 0 Å². The lowest BCUT2D eigenvalue weighted by Crippen LogP contribution is -2.45. The van der Waals surface area contributed by atoms with Gasteiger partial charge in [-0.2, -0.15) is 5.10 Å². The number of anilines is 1. The highest BCUT2D eigenvalue weighted by Gasteiger charge is 2.27. The Hall–Kier alpha value is -1.36. The molecule has 1 rings (SSSR count). The normalized spacial score (nSPS) is 13.6. The molecule has 1 heterocycles. The van der Waals surface area contributed by atoms with Crippen molar-refractivity contribution in [3.05, 3.63) is 11.8 Å². The van der Waals surface area contributed by atoms with Crippen molar-refractivity contribution in [2.24, 2.45) is 11.1 Å². The Balaban J connectivity index is 2.64. The average Bonchev–Trinajstić information content (AvgIpc) is 2.63. The fraction of sp³-hybridized carbons (Fsp3) is 0.636. The summed E-state index contributed by atoms with van der Waals surface area (Å²) >= 11 is 0. The second kappa shape index (κ2) is 4.65. The number of aromatic nitrogens is 2. The molecule has 1 aromatic heterocycles. The second-order valence-electron chi connectivity index (χ2n) is 4.96. The van der Waals surface area contributed by atoms with E-state index in [9.17, 15) is 4.79 Å². The summed E-state index contributed by atoms with van der Waals surface area (Å²) in [7, 11) is 0. The van der Waals surface area contributed by atoms with Gasteiger partial charge in [0, 0.05) is 11.8 Å². The summed E-state index contributed by atoms with van der Waals surface area (Å²) in [5.41, 5.74) is 6.56. The number of nitrogens with one attached hydrogen (secondary N) is 2. The van der Waals surface area contributed by atoms with Crippen LogP contribution in [-0.2, 0) is 11.2 Å². The van der Waals surface area contributed by atoms with E-state index < -0.39 is 6.04 Å². The molecule has 4 N–H and O–H groups in total. The zero-order valence-electron chi connectivity index (χ0n) is 10.3. The van der Waals surface area contributed by atoms with E-state index in [4.69, 9.17) is 5.73 Å². The van der Waals surface area contributed by atoms with Crippen LogP contribution in [0.15, 0.2) is 6.07 Å². The molecule has 0 aliphatic rings. The minimum Gasteiger partial charge on any atom is -0.319 e. The van der Waals surface area contributed by atoms with Gasteiger partial charge in [-0.05, 0) is 11.8 Å². The van der Waals surface area contributed by atoms with E-state index >= 15 is 0 Å². The van der Waals surface area contributed by atoms with Crippen LogP contribution < -0.4 is 11.1 Å². The lowest BCUT2D eigenvalue weighted by atomic mass is 9.87. The van der Waals surface area contributed by atoms with Crippen molar-refractivity contribution < 1.29 is 4.79 Å². The van der Waals surface area contributed by atoms with Gasteiger partial charge in [-0.1, -0.05) is 27.7 Å². The SMILES string of the molecule is CCc1cc(NC(=O)[C@H](N)C(C)(C)C)n[nH]1. The van der Waals surface area contributed by atoms with Gasteiger partial charge in [0.1, 0.15) is 0 Å². The number of nitrogens with two attached hydrogens (primary N) is 1. The van der Waals surface area contributed by atoms with E-state index in [2.05, 4.69) is 15.5 Å². The predicted octanol–water partition coefficient (Wildman–Crippen LogP) is 1.28. The molecule has 0 radical (unpaired) electrons. The fourth-order valence-corrected chi connectivity index (χ4v) is 1.20. The van der Waals surface area contributed by atoms with Crippen molar-refractivity contribution in [3.63, 3.8) is 0 Å². The molecule has 1 amide bonds. The molecule has 0 fully saturated rings. The molecule has 16 heavy (non-hydrogen) atoms. The molecular formula is C11H20N4O. The zero-order chi connectivity index (χ0) is 12.3. The summed E-state index contributed by atoms with van der Waals surface area (Å²) in [6, 6.07) is 1.27. The Morgan fingerprint density at radius 2 is 2.25 bits per heavy atom. The molecule has 1 atom stereocenters. The van der Waals surface area contributed by atoms with Crippen LogP contribution in [0.25, 0.3) is 0 Å². The molecule has 5 nitrogen and oxygen atoms in total. The lowest BCUT2D eigenvalue weighted by molar-refractivity contribution is -0.119. The van der Waals surface area contributed by atoms with E-state index in [0.717, 1.165) is 12.1 Å². The minimum atomic E-state index is -0.547. The third-order valence-electron chi connectivity index (χ3n) is 2.48. The fourth-order valence-electron chi connectivity index (χ4n) is 1.20. The Kier molecular flexibility index (Phi) is 3.70. The topological polar surface area (TPSA) is 83.8 Å². The second-order valence-corrected chi connectivity index (χ2v) is 4.96. The molecule has 0 saturated heterocycles. The van der Waals surface area contributed by atoms with Gasteiger partial charge in [0.15, 0.2) is 5.82 Å². The van der Waals surface area contributed by atoms with Gasteiger partial charge in [-0.15, -0.1) is 0 Å². The molecule has 90 valence electrons. The first kappa shape index (κ1) is 12.7. The first-order chi connectivity index (χ1) is 7.34. The molecule has 0 saturated carbocycles. The number of hydrogen-bond donors (Lipinski definition) is 3. The highest BCUT2D eigenvalue weighted by Crippen LogP contribution is 2.18. The Morgan fingerprint density at radius 1 is 1.62 bits per heavy atom. The van der Waals surface area contributed by atoms with Crippen LogP contribution in [0.1, 0.15) is 33.4 Å². The molecule has 0 spiro atoms. The van der Waals surface area contributed by atoms with Gasteiger partial charge in [-0.25, -0.2) is 0 Å². The number of carbonyl (C=O) groups excluding carboxylic acids is 1. The van der Waals surface area contributed by atoms with Crippen molar-refractivity contribution in [2.45, 2.75) is 40.2 Å². The summed E-state index contributed by atoms with van der Waals surface area (Å²) in [6.07, 6.45) is 0.855. The van der Waals surface area contributed by atoms with Crippen molar-refractivity contribution >= 4 is 11.7 Å². The maximum absolute atomic E-state index is 11.8. The van der Waals surface area contributed by atoms with Crippen LogP contribution in [0.3, 0.4) is 0 Å².